The van der Waals surface area contributed by atoms with Gasteiger partial charge in [0.25, 0.3) is 0 Å². The molecule has 0 fully saturated rings. The van der Waals surface area contributed by atoms with Crippen LogP contribution in [0.2, 0.25) is 5.02 Å². The molecule has 92 valence electrons. The summed E-state index contributed by atoms with van der Waals surface area (Å²) in [5.74, 6) is 0.446. The number of aromatic nitrogens is 1. The average Bonchev–Trinajstić information content (AvgIpc) is 2.41. The summed E-state index contributed by atoms with van der Waals surface area (Å²) in [6.45, 7) is 1.87. The number of hydrogen-bond acceptors (Lipinski definition) is 3. The summed E-state index contributed by atoms with van der Waals surface area (Å²) in [5.41, 5.74) is 1.95. The van der Waals surface area contributed by atoms with Crippen molar-refractivity contribution in [3.63, 3.8) is 0 Å². The van der Waals surface area contributed by atoms with Crippen molar-refractivity contribution in [2.24, 2.45) is 0 Å². The summed E-state index contributed by atoms with van der Waals surface area (Å²) in [5, 5.41) is 0.541. The fourth-order valence-electron chi connectivity index (χ4n) is 1.65. The Labute approximate surface area is 110 Å². The van der Waals surface area contributed by atoms with E-state index in [1.54, 1.807) is 24.4 Å². The fraction of sp³-hybridized carbons (Fsp3) is 0.143. The van der Waals surface area contributed by atoms with Crippen LogP contribution in [0.1, 0.15) is 21.5 Å². The Kier molecular flexibility index (Phi) is 3.63. The van der Waals surface area contributed by atoms with E-state index in [1.165, 1.54) is 13.3 Å². The van der Waals surface area contributed by atoms with Crippen LogP contribution in [0.5, 0.6) is 5.75 Å². The zero-order chi connectivity index (χ0) is 13.1. The molecule has 0 saturated carbocycles. The van der Waals surface area contributed by atoms with Gasteiger partial charge in [-0.3, -0.25) is 9.78 Å². The zero-order valence-electron chi connectivity index (χ0n) is 10.1. The Morgan fingerprint density at radius 1 is 1.28 bits per heavy atom. The summed E-state index contributed by atoms with van der Waals surface area (Å²) < 4.78 is 5.05. The number of benzene rings is 1. The Morgan fingerprint density at radius 2 is 2.06 bits per heavy atom. The lowest BCUT2D eigenvalue weighted by Crippen LogP contribution is -2.04. The van der Waals surface area contributed by atoms with E-state index in [9.17, 15) is 4.79 Å². The van der Waals surface area contributed by atoms with E-state index in [2.05, 4.69) is 4.98 Å². The molecule has 0 radical (unpaired) electrons. The van der Waals surface area contributed by atoms with Crippen LogP contribution in [0.3, 0.4) is 0 Å². The molecule has 0 spiro atoms. The van der Waals surface area contributed by atoms with Crippen molar-refractivity contribution >= 4 is 17.4 Å². The third-order valence-corrected chi connectivity index (χ3v) is 2.89. The maximum absolute atomic E-state index is 12.3. The van der Waals surface area contributed by atoms with Crippen LogP contribution in [0, 0.1) is 6.92 Å². The molecule has 18 heavy (non-hydrogen) atoms. The van der Waals surface area contributed by atoms with Gasteiger partial charge in [-0.1, -0.05) is 17.7 Å². The fourth-order valence-corrected chi connectivity index (χ4v) is 1.82. The van der Waals surface area contributed by atoms with Crippen LogP contribution in [0.15, 0.2) is 36.7 Å². The first-order valence-electron chi connectivity index (χ1n) is 5.41. The normalized spacial score (nSPS) is 10.2. The van der Waals surface area contributed by atoms with Crippen LogP contribution in [-0.2, 0) is 0 Å². The number of pyridine rings is 1. The lowest BCUT2D eigenvalue weighted by Gasteiger charge is -2.06. The molecule has 0 N–H and O–H groups in total. The molecule has 1 aromatic heterocycles. The molecule has 0 amide bonds. The maximum atomic E-state index is 12.3. The standard InChI is InChI=1S/C14H12ClNO2/c1-9-3-4-11(15)6-13(9)14(17)10-5-12(18-2)8-16-7-10/h3-8H,1-2H3. The number of hydrogen-bond donors (Lipinski definition) is 0. The Morgan fingerprint density at radius 3 is 2.78 bits per heavy atom. The van der Waals surface area contributed by atoms with E-state index in [1.807, 2.05) is 13.0 Å². The van der Waals surface area contributed by atoms with Gasteiger partial charge in [0.15, 0.2) is 5.78 Å². The quantitative estimate of drug-likeness (QED) is 0.796. The smallest absolute Gasteiger partial charge is 0.195 e. The molecule has 1 heterocycles. The lowest BCUT2D eigenvalue weighted by atomic mass is 10.0. The molecule has 0 unspecified atom stereocenters. The molecule has 0 aliphatic heterocycles. The molecule has 3 nitrogen and oxygen atoms in total. The Hall–Kier alpha value is -1.87. The first-order valence-corrected chi connectivity index (χ1v) is 5.79. The highest BCUT2D eigenvalue weighted by Crippen LogP contribution is 2.20. The first-order chi connectivity index (χ1) is 8.61. The van der Waals surface area contributed by atoms with Gasteiger partial charge in [-0.15, -0.1) is 0 Å². The third kappa shape index (κ3) is 2.51. The minimum atomic E-state index is -0.110. The molecule has 4 heteroatoms. The van der Waals surface area contributed by atoms with Gasteiger partial charge < -0.3 is 4.74 Å². The number of aryl methyl sites for hydroxylation is 1. The van der Waals surface area contributed by atoms with Crippen molar-refractivity contribution in [3.05, 3.63) is 58.4 Å². The number of carbonyl (C=O) groups excluding carboxylic acids is 1. The highest BCUT2D eigenvalue weighted by Gasteiger charge is 2.13. The van der Waals surface area contributed by atoms with E-state index in [4.69, 9.17) is 16.3 Å². The van der Waals surface area contributed by atoms with Crippen molar-refractivity contribution in [1.29, 1.82) is 0 Å². The first kappa shape index (κ1) is 12.6. The van der Waals surface area contributed by atoms with Gasteiger partial charge in [-0.05, 0) is 30.7 Å². The largest absolute Gasteiger partial charge is 0.495 e. The van der Waals surface area contributed by atoms with Gasteiger partial charge in [-0.2, -0.15) is 0 Å². The predicted molar refractivity (Wildman–Crippen MR) is 70.4 cm³/mol. The van der Waals surface area contributed by atoms with E-state index in [0.717, 1.165) is 5.56 Å². The molecule has 0 saturated heterocycles. The second-order valence-corrected chi connectivity index (χ2v) is 4.34. The Bertz CT molecular complexity index is 596. The van der Waals surface area contributed by atoms with Gasteiger partial charge in [0.1, 0.15) is 5.75 Å². The summed E-state index contributed by atoms with van der Waals surface area (Å²) in [6, 6.07) is 6.91. The van der Waals surface area contributed by atoms with E-state index in [0.29, 0.717) is 21.9 Å². The van der Waals surface area contributed by atoms with Crippen LogP contribution < -0.4 is 4.74 Å². The number of ether oxygens (including phenoxy) is 1. The van der Waals surface area contributed by atoms with Crippen molar-refractivity contribution in [3.8, 4) is 5.75 Å². The third-order valence-electron chi connectivity index (χ3n) is 2.66. The van der Waals surface area contributed by atoms with E-state index >= 15 is 0 Å². The van der Waals surface area contributed by atoms with Crippen molar-refractivity contribution in [2.75, 3.05) is 7.11 Å². The van der Waals surface area contributed by atoms with Gasteiger partial charge in [0.05, 0.1) is 13.3 Å². The van der Waals surface area contributed by atoms with Gasteiger partial charge in [0.2, 0.25) is 0 Å². The number of methoxy groups -OCH3 is 1. The summed E-state index contributed by atoms with van der Waals surface area (Å²) >= 11 is 5.91. The maximum Gasteiger partial charge on any atom is 0.195 e. The van der Waals surface area contributed by atoms with E-state index < -0.39 is 0 Å². The second-order valence-electron chi connectivity index (χ2n) is 3.90. The lowest BCUT2D eigenvalue weighted by molar-refractivity contribution is 0.103. The number of halogens is 1. The molecule has 2 aromatic rings. The molecule has 1 aromatic carbocycles. The van der Waals surface area contributed by atoms with Crippen LogP contribution in [0.25, 0.3) is 0 Å². The second kappa shape index (κ2) is 5.19. The summed E-state index contributed by atoms with van der Waals surface area (Å²) in [4.78, 5) is 16.3. The minimum absolute atomic E-state index is 0.110. The zero-order valence-corrected chi connectivity index (χ0v) is 10.9. The molecule has 2 rings (SSSR count). The highest BCUT2D eigenvalue weighted by molar-refractivity contribution is 6.31. The van der Waals surface area contributed by atoms with Crippen LogP contribution in [0.4, 0.5) is 0 Å². The van der Waals surface area contributed by atoms with Crippen molar-refractivity contribution < 1.29 is 9.53 Å². The molecular weight excluding hydrogens is 250 g/mol. The number of rotatable bonds is 3. The molecule has 0 bridgehead atoms. The van der Waals surface area contributed by atoms with Gasteiger partial charge in [0, 0.05) is 22.3 Å². The molecule has 0 aliphatic rings. The van der Waals surface area contributed by atoms with Crippen molar-refractivity contribution in [2.45, 2.75) is 6.92 Å². The van der Waals surface area contributed by atoms with Gasteiger partial charge >= 0.3 is 0 Å². The molecule has 0 aliphatic carbocycles. The molecule has 0 atom stereocenters. The average molecular weight is 262 g/mol. The molecular formula is C14H12ClNO2. The van der Waals surface area contributed by atoms with Crippen LogP contribution >= 0.6 is 11.6 Å². The van der Waals surface area contributed by atoms with Crippen LogP contribution in [-0.4, -0.2) is 17.9 Å². The summed E-state index contributed by atoms with van der Waals surface area (Å²) in [6.07, 6.45) is 3.08. The minimum Gasteiger partial charge on any atom is -0.495 e. The van der Waals surface area contributed by atoms with Crippen molar-refractivity contribution in [1.82, 2.24) is 4.98 Å². The number of ketones is 1. The topological polar surface area (TPSA) is 39.2 Å². The predicted octanol–water partition coefficient (Wildman–Crippen LogP) is 3.28. The number of carbonyl (C=O) groups is 1. The monoisotopic (exact) mass is 261 g/mol. The Balaban J connectivity index is 2.44. The SMILES string of the molecule is COc1cncc(C(=O)c2cc(Cl)ccc2C)c1. The van der Waals surface area contributed by atoms with E-state index in [-0.39, 0.29) is 5.78 Å². The number of nitrogens with zero attached hydrogens (tertiary/aromatic N) is 1. The highest BCUT2D eigenvalue weighted by atomic mass is 35.5. The summed E-state index contributed by atoms with van der Waals surface area (Å²) in [7, 11) is 1.54. The van der Waals surface area contributed by atoms with Gasteiger partial charge in [-0.25, -0.2) is 0 Å².